The molecule has 1 N–H and O–H groups in total. The Morgan fingerprint density at radius 3 is 2.69 bits per heavy atom. The molecule has 164 valence electrons. The third kappa shape index (κ3) is 5.47. The van der Waals surface area contributed by atoms with E-state index in [1.54, 1.807) is 36.4 Å². The first-order valence-corrected chi connectivity index (χ1v) is 10.6. The predicted octanol–water partition coefficient (Wildman–Crippen LogP) is 3.97. The average molecular weight is 452 g/mol. The molecule has 1 heterocycles. The van der Waals surface area contributed by atoms with Gasteiger partial charge >= 0.3 is 0 Å². The number of thioether (sulfide) groups is 1. The summed E-state index contributed by atoms with van der Waals surface area (Å²) in [6, 6.07) is 14.1. The molecule has 8 nitrogen and oxygen atoms in total. The lowest BCUT2D eigenvalue weighted by Crippen LogP contribution is -2.36. The van der Waals surface area contributed by atoms with Gasteiger partial charge < -0.3 is 14.8 Å². The molecule has 0 saturated carbocycles. The van der Waals surface area contributed by atoms with Gasteiger partial charge in [0.15, 0.2) is 18.1 Å². The Hall–Kier alpha value is -3.77. The Kier molecular flexibility index (Phi) is 7.52. The number of ether oxygens (including phenoxy) is 2. The molecule has 3 amide bonds. The molecule has 1 saturated heterocycles. The molecule has 2 aromatic rings. The van der Waals surface area contributed by atoms with Crippen LogP contribution in [0.15, 0.2) is 47.4 Å². The molecule has 0 aromatic heterocycles. The van der Waals surface area contributed by atoms with E-state index in [0.29, 0.717) is 29.4 Å². The second-order valence-electron chi connectivity index (χ2n) is 6.72. The number of aryl methyl sites for hydroxylation is 1. The summed E-state index contributed by atoms with van der Waals surface area (Å²) in [6.45, 7) is 3.56. The van der Waals surface area contributed by atoms with Crippen LogP contribution in [0.3, 0.4) is 0 Å². The molecule has 1 fully saturated rings. The fraction of sp³-hybridized carbons (Fsp3) is 0.217. The van der Waals surface area contributed by atoms with Crippen molar-refractivity contribution in [1.82, 2.24) is 4.90 Å². The molecule has 0 unspecified atom stereocenters. The molecule has 0 aliphatic carbocycles. The normalized spacial score (nSPS) is 14.4. The van der Waals surface area contributed by atoms with Crippen LogP contribution < -0.4 is 14.8 Å². The van der Waals surface area contributed by atoms with E-state index in [2.05, 4.69) is 5.32 Å². The highest BCUT2D eigenvalue weighted by Gasteiger charge is 2.36. The lowest BCUT2D eigenvalue weighted by Gasteiger charge is -2.13. The van der Waals surface area contributed by atoms with Crippen molar-refractivity contribution in [2.45, 2.75) is 13.8 Å². The highest BCUT2D eigenvalue weighted by molar-refractivity contribution is 8.18. The maximum absolute atomic E-state index is 12.7. The van der Waals surface area contributed by atoms with E-state index in [1.807, 2.05) is 32.0 Å². The first-order valence-electron chi connectivity index (χ1n) is 9.80. The summed E-state index contributed by atoms with van der Waals surface area (Å²) in [7, 11) is 0. The van der Waals surface area contributed by atoms with Crippen LogP contribution in [0.2, 0.25) is 0 Å². The van der Waals surface area contributed by atoms with Crippen LogP contribution in [0.5, 0.6) is 11.5 Å². The topological polar surface area (TPSA) is 109 Å². The van der Waals surface area contributed by atoms with Gasteiger partial charge in [0.1, 0.15) is 12.6 Å². The summed E-state index contributed by atoms with van der Waals surface area (Å²) in [6.07, 6.45) is 1.56. The fourth-order valence-corrected chi connectivity index (χ4v) is 3.78. The third-order valence-electron chi connectivity index (χ3n) is 4.45. The van der Waals surface area contributed by atoms with Gasteiger partial charge in [0.2, 0.25) is 5.91 Å². The Bertz CT molecular complexity index is 1120. The minimum atomic E-state index is -0.539. The molecule has 3 rings (SSSR count). The second kappa shape index (κ2) is 10.5. The lowest BCUT2D eigenvalue weighted by molar-refractivity contribution is -0.127. The van der Waals surface area contributed by atoms with E-state index < -0.39 is 17.1 Å². The van der Waals surface area contributed by atoms with Crippen LogP contribution >= 0.6 is 11.8 Å². The van der Waals surface area contributed by atoms with E-state index in [-0.39, 0.29) is 18.1 Å². The van der Waals surface area contributed by atoms with Crippen LogP contribution in [0.4, 0.5) is 10.5 Å². The number of hydrogen-bond acceptors (Lipinski definition) is 7. The molecule has 0 atom stereocenters. The maximum atomic E-state index is 12.7. The number of para-hydroxylation sites is 1. The first-order chi connectivity index (χ1) is 15.4. The van der Waals surface area contributed by atoms with Crippen molar-refractivity contribution < 1.29 is 23.9 Å². The van der Waals surface area contributed by atoms with Gasteiger partial charge in [0.25, 0.3) is 11.1 Å². The molecule has 32 heavy (non-hydrogen) atoms. The molecular weight excluding hydrogens is 430 g/mol. The number of anilines is 1. The van der Waals surface area contributed by atoms with E-state index >= 15 is 0 Å². The summed E-state index contributed by atoms with van der Waals surface area (Å²) in [4.78, 5) is 38.6. The minimum absolute atomic E-state index is 0.122. The number of imide groups is 1. The number of hydrogen-bond donors (Lipinski definition) is 1. The van der Waals surface area contributed by atoms with Crippen LogP contribution in [0.1, 0.15) is 18.1 Å². The first kappa shape index (κ1) is 22.9. The van der Waals surface area contributed by atoms with Crippen molar-refractivity contribution in [2.75, 3.05) is 25.1 Å². The van der Waals surface area contributed by atoms with E-state index in [9.17, 15) is 14.4 Å². The predicted molar refractivity (Wildman–Crippen MR) is 121 cm³/mol. The van der Waals surface area contributed by atoms with Crippen LogP contribution in [-0.2, 0) is 9.59 Å². The zero-order valence-electron chi connectivity index (χ0n) is 17.6. The molecular formula is C23H21N3O5S. The van der Waals surface area contributed by atoms with E-state index in [1.165, 1.54) is 0 Å². The Morgan fingerprint density at radius 1 is 1.19 bits per heavy atom. The van der Waals surface area contributed by atoms with Gasteiger partial charge in [-0.05, 0) is 61.0 Å². The summed E-state index contributed by atoms with van der Waals surface area (Å²) in [5.74, 6) is -0.164. The van der Waals surface area contributed by atoms with Gasteiger partial charge in [-0.15, -0.1) is 0 Å². The highest BCUT2D eigenvalue weighted by Crippen LogP contribution is 2.34. The van der Waals surface area contributed by atoms with Crippen LogP contribution in [-0.4, -0.2) is 41.7 Å². The molecule has 0 spiro atoms. The van der Waals surface area contributed by atoms with Crippen molar-refractivity contribution in [1.29, 1.82) is 5.26 Å². The quantitative estimate of drug-likeness (QED) is 0.605. The smallest absolute Gasteiger partial charge is 0.294 e. The molecule has 0 bridgehead atoms. The van der Waals surface area contributed by atoms with Gasteiger partial charge in [-0.1, -0.05) is 24.3 Å². The average Bonchev–Trinajstić information content (AvgIpc) is 3.02. The largest absolute Gasteiger partial charge is 0.490 e. The minimum Gasteiger partial charge on any atom is -0.490 e. The molecule has 2 aromatic carbocycles. The van der Waals surface area contributed by atoms with E-state index in [0.717, 1.165) is 22.2 Å². The van der Waals surface area contributed by atoms with E-state index in [4.69, 9.17) is 14.7 Å². The third-order valence-corrected chi connectivity index (χ3v) is 5.36. The van der Waals surface area contributed by atoms with Gasteiger partial charge in [0.05, 0.1) is 11.5 Å². The standard InChI is InChI=1S/C23H21N3O5S/c1-3-30-19-12-16(8-9-18(19)31-11-10-24)13-20-22(28)26(23(29)32-20)14-21(27)25-17-7-5-4-6-15(17)2/h4-9,12-13H,3,11,14H2,1-2H3,(H,25,27)/b20-13-. The van der Waals surface area contributed by atoms with Gasteiger partial charge in [0, 0.05) is 5.69 Å². The number of nitrogens with one attached hydrogen (secondary N) is 1. The lowest BCUT2D eigenvalue weighted by atomic mass is 10.2. The zero-order valence-corrected chi connectivity index (χ0v) is 18.4. The Balaban J connectivity index is 1.73. The van der Waals surface area contributed by atoms with Crippen molar-refractivity contribution in [3.8, 4) is 17.6 Å². The summed E-state index contributed by atoms with van der Waals surface area (Å²) >= 11 is 0.769. The number of rotatable bonds is 8. The summed E-state index contributed by atoms with van der Waals surface area (Å²) in [5.41, 5.74) is 2.12. The number of carbonyl (C=O) groups is 3. The van der Waals surface area contributed by atoms with Crippen LogP contribution in [0.25, 0.3) is 6.08 Å². The van der Waals surface area contributed by atoms with Crippen LogP contribution in [0, 0.1) is 18.3 Å². The van der Waals surface area contributed by atoms with Crippen molar-refractivity contribution in [2.24, 2.45) is 0 Å². The molecule has 9 heteroatoms. The molecule has 1 aliphatic heterocycles. The van der Waals surface area contributed by atoms with Gasteiger partial charge in [-0.25, -0.2) is 0 Å². The van der Waals surface area contributed by atoms with Crippen molar-refractivity contribution in [3.63, 3.8) is 0 Å². The molecule has 1 aliphatic rings. The highest BCUT2D eigenvalue weighted by atomic mass is 32.2. The second-order valence-corrected chi connectivity index (χ2v) is 7.71. The number of nitriles is 1. The Labute approximate surface area is 189 Å². The monoisotopic (exact) mass is 451 g/mol. The number of carbonyl (C=O) groups excluding carboxylic acids is 3. The Morgan fingerprint density at radius 2 is 1.97 bits per heavy atom. The number of benzene rings is 2. The molecule has 0 radical (unpaired) electrons. The number of amides is 3. The maximum Gasteiger partial charge on any atom is 0.294 e. The fourth-order valence-electron chi connectivity index (χ4n) is 2.95. The van der Waals surface area contributed by atoms with Crippen molar-refractivity contribution in [3.05, 3.63) is 58.5 Å². The summed E-state index contributed by atoms with van der Waals surface area (Å²) in [5, 5.41) is 10.9. The van der Waals surface area contributed by atoms with Crippen molar-refractivity contribution >= 4 is 40.6 Å². The van der Waals surface area contributed by atoms with Gasteiger partial charge in [-0.3, -0.25) is 19.3 Å². The number of nitrogens with zero attached hydrogens (tertiary/aromatic N) is 2. The SMILES string of the molecule is CCOc1cc(/C=C2\SC(=O)N(CC(=O)Nc3ccccc3C)C2=O)ccc1OCC#N. The van der Waals surface area contributed by atoms with Gasteiger partial charge in [-0.2, -0.15) is 5.26 Å². The zero-order chi connectivity index (χ0) is 23.1. The summed E-state index contributed by atoms with van der Waals surface area (Å²) < 4.78 is 10.9.